The highest BCUT2D eigenvalue weighted by molar-refractivity contribution is 5.54. The summed E-state index contributed by atoms with van der Waals surface area (Å²) in [6.07, 6.45) is 7.65. The van der Waals surface area contributed by atoms with E-state index >= 15 is 0 Å². The first-order valence-corrected chi connectivity index (χ1v) is 7.11. The van der Waals surface area contributed by atoms with Crippen molar-refractivity contribution in [2.24, 2.45) is 5.92 Å². The van der Waals surface area contributed by atoms with E-state index in [-0.39, 0.29) is 0 Å². The molecule has 1 nitrogen and oxygen atoms in total. The van der Waals surface area contributed by atoms with Crippen molar-refractivity contribution in [1.82, 2.24) is 5.32 Å². The lowest BCUT2D eigenvalue weighted by atomic mass is 9.83. The van der Waals surface area contributed by atoms with Gasteiger partial charge in [0.25, 0.3) is 0 Å². The lowest BCUT2D eigenvalue weighted by Gasteiger charge is -2.24. The molecule has 0 spiro atoms. The van der Waals surface area contributed by atoms with Crippen molar-refractivity contribution in [2.45, 2.75) is 32.1 Å². The smallest absolute Gasteiger partial charge is 0.194 e. The maximum Gasteiger partial charge on any atom is 0.194 e. The van der Waals surface area contributed by atoms with Gasteiger partial charge >= 0.3 is 0 Å². The normalized spacial score (nSPS) is 17.5. The van der Waals surface area contributed by atoms with Gasteiger partial charge in [0, 0.05) is 6.54 Å². The van der Waals surface area contributed by atoms with Gasteiger partial charge in [-0.1, -0.05) is 30.9 Å². The average molecular weight is 283 g/mol. The summed E-state index contributed by atoms with van der Waals surface area (Å²) in [6, 6.07) is 2.10. The zero-order chi connectivity index (χ0) is 14.5. The number of rotatable bonds is 4. The Labute approximate surface area is 117 Å². The molecule has 0 radical (unpaired) electrons. The monoisotopic (exact) mass is 283 g/mol. The number of likely N-dealkylation sites (N-methyl/N-ethyl adjacent to an activating group) is 1. The molecule has 1 aromatic rings. The summed E-state index contributed by atoms with van der Waals surface area (Å²) < 4.78 is 39.5. The van der Waals surface area contributed by atoms with Crippen LogP contribution in [0.15, 0.2) is 17.7 Å². The zero-order valence-electron chi connectivity index (χ0n) is 11.7. The highest BCUT2D eigenvalue weighted by atomic mass is 19.2. The molecule has 2 rings (SSSR count). The van der Waals surface area contributed by atoms with Crippen LogP contribution in [-0.2, 0) is 0 Å². The Morgan fingerprint density at radius 3 is 2.30 bits per heavy atom. The molecule has 1 aliphatic carbocycles. The molecule has 0 saturated heterocycles. The molecule has 0 aliphatic heterocycles. The molecule has 0 heterocycles. The number of halogens is 3. The van der Waals surface area contributed by atoms with Crippen LogP contribution in [0.25, 0.3) is 6.08 Å². The third-order valence-electron chi connectivity index (χ3n) is 3.87. The molecule has 0 aromatic heterocycles. The molecule has 1 aromatic carbocycles. The second kappa shape index (κ2) is 6.93. The standard InChI is InChI=1S/C16H20F3N/c1-20-10-13(12-5-3-2-4-6-12)7-11-8-14(17)16(19)15(18)9-11/h7-9,12,20H,2-6,10H2,1H3/b13-7-. The Morgan fingerprint density at radius 1 is 1.15 bits per heavy atom. The Bertz CT molecular complexity index is 467. The van der Waals surface area contributed by atoms with Gasteiger partial charge in [-0.05, 0) is 43.5 Å². The number of hydrogen-bond donors (Lipinski definition) is 1. The fourth-order valence-corrected chi connectivity index (χ4v) is 2.86. The Morgan fingerprint density at radius 2 is 1.75 bits per heavy atom. The number of hydrogen-bond acceptors (Lipinski definition) is 1. The quantitative estimate of drug-likeness (QED) is 0.813. The largest absolute Gasteiger partial charge is 0.316 e. The van der Waals surface area contributed by atoms with Crippen LogP contribution in [0.1, 0.15) is 37.7 Å². The minimum absolute atomic E-state index is 0.386. The summed E-state index contributed by atoms with van der Waals surface area (Å²) in [5.41, 5.74) is 1.52. The lowest BCUT2D eigenvalue weighted by Crippen LogP contribution is -2.19. The van der Waals surface area contributed by atoms with Gasteiger partial charge in [-0.3, -0.25) is 0 Å². The third kappa shape index (κ3) is 3.63. The maximum atomic E-state index is 13.3. The van der Waals surface area contributed by atoms with Crippen molar-refractivity contribution >= 4 is 6.08 Å². The number of benzene rings is 1. The van der Waals surface area contributed by atoms with Crippen LogP contribution in [0.5, 0.6) is 0 Å². The van der Waals surface area contributed by atoms with Crippen molar-refractivity contribution in [3.05, 3.63) is 40.7 Å². The van der Waals surface area contributed by atoms with Crippen LogP contribution in [0, 0.1) is 23.4 Å². The summed E-state index contributed by atoms with van der Waals surface area (Å²) >= 11 is 0. The van der Waals surface area contributed by atoms with E-state index in [2.05, 4.69) is 5.32 Å². The van der Waals surface area contributed by atoms with E-state index in [4.69, 9.17) is 0 Å². The van der Waals surface area contributed by atoms with Gasteiger partial charge < -0.3 is 5.32 Å². The summed E-state index contributed by atoms with van der Waals surface area (Å²) in [4.78, 5) is 0. The predicted octanol–water partition coefficient (Wildman–Crippen LogP) is 4.29. The zero-order valence-corrected chi connectivity index (χ0v) is 11.7. The van der Waals surface area contributed by atoms with Crippen LogP contribution in [-0.4, -0.2) is 13.6 Å². The van der Waals surface area contributed by atoms with Crippen molar-refractivity contribution < 1.29 is 13.2 Å². The Balaban J connectivity index is 2.27. The molecule has 20 heavy (non-hydrogen) atoms. The predicted molar refractivity (Wildman–Crippen MR) is 74.8 cm³/mol. The van der Waals surface area contributed by atoms with Crippen LogP contribution in [0.4, 0.5) is 13.2 Å². The van der Waals surface area contributed by atoms with Gasteiger partial charge in [0.05, 0.1) is 0 Å². The Hall–Kier alpha value is -1.29. The molecule has 1 aliphatic rings. The van der Waals surface area contributed by atoms with Crippen LogP contribution in [0.2, 0.25) is 0 Å². The van der Waals surface area contributed by atoms with E-state index in [0.717, 1.165) is 30.5 Å². The van der Waals surface area contributed by atoms with Gasteiger partial charge in [-0.2, -0.15) is 0 Å². The Kier molecular flexibility index (Phi) is 5.24. The highest BCUT2D eigenvalue weighted by Gasteiger charge is 2.18. The van der Waals surface area contributed by atoms with E-state index in [1.54, 1.807) is 6.08 Å². The SMILES string of the molecule is CNC/C(=C/c1cc(F)c(F)c(F)c1)C1CCCCC1. The van der Waals surface area contributed by atoms with E-state index < -0.39 is 17.5 Å². The molecule has 0 unspecified atom stereocenters. The molecular weight excluding hydrogens is 263 g/mol. The van der Waals surface area contributed by atoms with E-state index in [1.165, 1.54) is 19.3 Å². The van der Waals surface area contributed by atoms with Crippen molar-refractivity contribution in [3.8, 4) is 0 Å². The van der Waals surface area contributed by atoms with Gasteiger partial charge in [0.2, 0.25) is 0 Å². The minimum atomic E-state index is -1.41. The van der Waals surface area contributed by atoms with Gasteiger partial charge in [-0.25, -0.2) is 13.2 Å². The van der Waals surface area contributed by atoms with Crippen molar-refractivity contribution in [1.29, 1.82) is 0 Å². The highest BCUT2D eigenvalue weighted by Crippen LogP contribution is 2.30. The van der Waals surface area contributed by atoms with Crippen LogP contribution in [0.3, 0.4) is 0 Å². The first kappa shape index (κ1) is 15.1. The van der Waals surface area contributed by atoms with Gasteiger partial charge in [-0.15, -0.1) is 0 Å². The summed E-state index contributed by atoms with van der Waals surface area (Å²) in [7, 11) is 1.85. The summed E-state index contributed by atoms with van der Waals surface area (Å²) in [5, 5.41) is 3.10. The van der Waals surface area contributed by atoms with Gasteiger partial charge in [0.1, 0.15) is 0 Å². The van der Waals surface area contributed by atoms with Gasteiger partial charge in [0.15, 0.2) is 17.5 Å². The first-order chi connectivity index (χ1) is 9.61. The molecule has 0 bridgehead atoms. The summed E-state index contributed by atoms with van der Waals surface area (Å²) in [6.45, 7) is 0.686. The molecule has 1 N–H and O–H groups in total. The molecule has 110 valence electrons. The molecule has 1 saturated carbocycles. The fraction of sp³-hybridized carbons (Fsp3) is 0.500. The van der Waals surface area contributed by atoms with Crippen LogP contribution >= 0.6 is 0 Å². The molecular formula is C16H20F3N. The molecule has 4 heteroatoms. The van der Waals surface area contributed by atoms with Crippen LogP contribution < -0.4 is 5.32 Å². The summed E-state index contributed by atoms with van der Waals surface area (Å²) in [5.74, 6) is -3.23. The topological polar surface area (TPSA) is 12.0 Å². The van der Waals surface area contributed by atoms with E-state index in [0.29, 0.717) is 18.0 Å². The van der Waals surface area contributed by atoms with Crippen molar-refractivity contribution in [3.63, 3.8) is 0 Å². The maximum absolute atomic E-state index is 13.3. The average Bonchev–Trinajstić information content (AvgIpc) is 2.45. The second-order valence-electron chi connectivity index (χ2n) is 5.38. The molecule has 1 fully saturated rings. The van der Waals surface area contributed by atoms with E-state index in [9.17, 15) is 13.2 Å². The number of nitrogens with one attached hydrogen (secondary N) is 1. The van der Waals surface area contributed by atoms with Crippen molar-refractivity contribution in [2.75, 3.05) is 13.6 Å². The van der Waals surface area contributed by atoms with E-state index in [1.807, 2.05) is 7.05 Å². The fourth-order valence-electron chi connectivity index (χ4n) is 2.86. The lowest BCUT2D eigenvalue weighted by molar-refractivity contribution is 0.398. The second-order valence-corrected chi connectivity index (χ2v) is 5.38. The third-order valence-corrected chi connectivity index (χ3v) is 3.87. The minimum Gasteiger partial charge on any atom is -0.316 e. The molecule has 0 amide bonds. The molecule has 0 atom stereocenters. The first-order valence-electron chi connectivity index (χ1n) is 7.11.